The van der Waals surface area contributed by atoms with Gasteiger partial charge in [0.25, 0.3) is 0 Å². The van der Waals surface area contributed by atoms with Gasteiger partial charge in [0.2, 0.25) is 5.89 Å². The third-order valence-electron chi connectivity index (χ3n) is 3.88. The van der Waals surface area contributed by atoms with Crippen molar-refractivity contribution in [1.82, 2.24) is 4.98 Å². The number of oxazole rings is 1. The van der Waals surface area contributed by atoms with Gasteiger partial charge in [0, 0.05) is 11.1 Å². The minimum Gasteiger partial charge on any atom is -0.436 e. The van der Waals surface area contributed by atoms with Crippen molar-refractivity contribution in [2.75, 3.05) is 0 Å². The standard InChI is InChI=1S/C19H19NO/c1-3-14(2)16-10-7-11-17(12-16)18-13-20-19(21-18)15-8-5-4-6-9-15/h4-14H,3H2,1-2H3. The number of hydrogen-bond donors (Lipinski definition) is 0. The van der Waals surface area contributed by atoms with Crippen LogP contribution >= 0.6 is 0 Å². The number of rotatable bonds is 4. The summed E-state index contributed by atoms with van der Waals surface area (Å²) in [6.45, 7) is 4.45. The molecule has 0 fully saturated rings. The highest BCUT2D eigenvalue weighted by Gasteiger charge is 2.10. The summed E-state index contributed by atoms with van der Waals surface area (Å²) >= 11 is 0. The van der Waals surface area contributed by atoms with Gasteiger partial charge in [-0.25, -0.2) is 4.98 Å². The van der Waals surface area contributed by atoms with Crippen LogP contribution in [0.2, 0.25) is 0 Å². The van der Waals surface area contributed by atoms with Crippen molar-refractivity contribution in [2.45, 2.75) is 26.2 Å². The monoisotopic (exact) mass is 277 g/mol. The molecule has 0 aliphatic heterocycles. The third kappa shape index (κ3) is 2.89. The maximum absolute atomic E-state index is 5.91. The van der Waals surface area contributed by atoms with Gasteiger partial charge >= 0.3 is 0 Å². The Kier molecular flexibility index (Phi) is 3.87. The lowest BCUT2D eigenvalue weighted by Gasteiger charge is -2.09. The number of aromatic nitrogens is 1. The predicted molar refractivity (Wildman–Crippen MR) is 86.1 cm³/mol. The molecular formula is C19H19NO. The van der Waals surface area contributed by atoms with E-state index >= 15 is 0 Å². The summed E-state index contributed by atoms with van der Waals surface area (Å²) in [6, 6.07) is 18.5. The Hall–Kier alpha value is -2.35. The minimum atomic E-state index is 0.557. The van der Waals surface area contributed by atoms with Gasteiger partial charge in [-0.05, 0) is 36.1 Å². The summed E-state index contributed by atoms with van der Waals surface area (Å²) in [5, 5.41) is 0. The first kappa shape index (κ1) is 13.6. The second kappa shape index (κ2) is 5.96. The lowest BCUT2D eigenvalue weighted by atomic mass is 9.96. The molecule has 1 atom stereocenters. The Balaban J connectivity index is 1.93. The molecular weight excluding hydrogens is 258 g/mol. The molecule has 3 rings (SSSR count). The van der Waals surface area contributed by atoms with Crippen LogP contribution < -0.4 is 0 Å². The SMILES string of the molecule is CCC(C)c1cccc(-c2cnc(-c3ccccc3)o2)c1. The molecule has 0 aliphatic carbocycles. The van der Waals surface area contributed by atoms with E-state index in [2.05, 4.69) is 43.1 Å². The highest BCUT2D eigenvalue weighted by atomic mass is 16.4. The lowest BCUT2D eigenvalue weighted by Crippen LogP contribution is -1.90. The van der Waals surface area contributed by atoms with Crippen LogP contribution in [0.15, 0.2) is 65.2 Å². The molecule has 0 saturated heterocycles. The molecule has 0 spiro atoms. The number of benzene rings is 2. The molecule has 1 unspecified atom stereocenters. The van der Waals surface area contributed by atoms with E-state index in [1.54, 1.807) is 6.20 Å². The van der Waals surface area contributed by atoms with E-state index in [9.17, 15) is 0 Å². The average molecular weight is 277 g/mol. The second-order valence-corrected chi connectivity index (χ2v) is 5.33. The Morgan fingerprint density at radius 2 is 1.76 bits per heavy atom. The largest absolute Gasteiger partial charge is 0.436 e. The molecule has 1 aromatic heterocycles. The molecule has 3 aromatic rings. The van der Waals surface area contributed by atoms with Gasteiger partial charge in [0.15, 0.2) is 5.76 Å². The third-order valence-corrected chi connectivity index (χ3v) is 3.88. The molecule has 2 nitrogen and oxygen atoms in total. The van der Waals surface area contributed by atoms with E-state index in [0.717, 1.165) is 23.3 Å². The molecule has 0 bridgehead atoms. The first-order chi connectivity index (χ1) is 10.3. The highest BCUT2D eigenvalue weighted by molar-refractivity contribution is 5.61. The Morgan fingerprint density at radius 3 is 2.52 bits per heavy atom. The maximum atomic E-state index is 5.91. The molecule has 0 N–H and O–H groups in total. The van der Waals surface area contributed by atoms with Crippen LogP contribution in [0.4, 0.5) is 0 Å². The summed E-state index contributed by atoms with van der Waals surface area (Å²) < 4.78 is 5.91. The van der Waals surface area contributed by atoms with E-state index in [4.69, 9.17) is 4.42 Å². The van der Waals surface area contributed by atoms with Crippen molar-refractivity contribution in [2.24, 2.45) is 0 Å². The van der Waals surface area contributed by atoms with Gasteiger partial charge in [-0.1, -0.05) is 50.2 Å². The van der Waals surface area contributed by atoms with Crippen LogP contribution in [-0.2, 0) is 0 Å². The van der Waals surface area contributed by atoms with Crippen molar-refractivity contribution in [3.63, 3.8) is 0 Å². The quantitative estimate of drug-likeness (QED) is 0.627. The highest BCUT2D eigenvalue weighted by Crippen LogP contribution is 2.28. The molecule has 1 heterocycles. The van der Waals surface area contributed by atoms with E-state index in [-0.39, 0.29) is 0 Å². The fourth-order valence-electron chi connectivity index (χ4n) is 2.36. The van der Waals surface area contributed by atoms with Crippen molar-refractivity contribution in [3.05, 3.63) is 66.4 Å². The van der Waals surface area contributed by atoms with Gasteiger partial charge in [-0.2, -0.15) is 0 Å². The smallest absolute Gasteiger partial charge is 0.226 e. The Labute approximate surface area is 125 Å². The fourth-order valence-corrected chi connectivity index (χ4v) is 2.36. The van der Waals surface area contributed by atoms with E-state index in [1.807, 2.05) is 30.3 Å². The molecule has 0 amide bonds. The molecule has 2 heteroatoms. The normalized spacial score (nSPS) is 12.3. The van der Waals surface area contributed by atoms with E-state index in [0.29, 0.717) is 11.8 Å². The lowest BCUT2D eigenvalue weighted by molar-refractivity contribution is 0.588. The molecule has 0 radical (unpaired) electrons. The second-order valence-electron chi connectivity index (χ2n) is 5.33. The molecule has 106 valence electrons. The molecule has 0 saturated carbocycles. The van der Waals surface area contributed by atoms with Crippen molar-refractivity contribution < 1.29 is 4.42 Å². The van der Waals surface area contributed by atoms with Crippen LogP contribution in [0.25, 0.3) is 22.8 Å². The molecule has 0 aliphatic rings. The molecule has 21 heavy (non-hydrogen) atoms. The number of nitrogens with zero attached hydrogens (tertiary/aromatic N) is 1. The van der Waals surface area contributed by atoms with Crippen LogP contribution in [0.3, 0.4) is 0 Å². The van der Waals surface area contributed by atoms with Crippen LogP contribution in [0.1, 0.15) is 31.7 Å². The fraction of sp³-hybridized carbons (Fsp3) is 0.211. The first-order valence-electron chi connectivity index (χ1n) is 7.39. The first-order valence-corrected chi connectivity index (χ1v) is 7.39. The van der Waals surface area contributed by atoms with Crippen molar-refractivity contribution >= 4 is 0 Å². The zero-order valence-corrected chi connectivity index (χ0v) is 12.4. The predicted octanol–water partition coefficient (Wildman–Crippen LogP) is 5.52. The Morgan fingerprint density at radius 1 is 1.00 bits per heavy atom. The summed E-state index contributed by atoms with van der Waals surface area (Å²) in [6.07, 6.45) is 2.94. The van der Waals surface area contributed by atoms with Crippen molar-refractivity contribution in [1.29, 1.82) is 0 Å². The van der Waals surface area contributed by atoms with E-state index in [1.165, 1.54) is 5.56 Å². The number of hydrogen-bond acceptors (Lipinski definition) is 2. The summed E-state index contributed by atoms with van der Waals surface area (Å²) in [5.41, 5.74) is 3.43. The van der Waals surface area contributed by atoms with Gasteiger partial charge in [0.1, 0.15) is 0 Å². The van der Waals surface area contributed by atoms with Crippen LogP contribution in [0.5, 0.6) is 0 Å². The summed E-state index contributed by atoms with van der Waals surface area (Å²) in [4.78, 5) is 4.39. The van der Waals surface area contributed by atoms with Gasteiger partial charge in [-0.15, -0.1) is 0 Å². The van der Waals surface area contributed by atoms with Crippen molar-refractivity contribution in [3.8, 4) is 22.8 Å². The average Bonchev–Trinajstić information content (AvgIpc) is 3.05. The Bertz CT molecular complexity index is 715. The van der Waals surface area contributed by atoms with Gasteiger partial charge in [0.05, 0.1) is 6.20 Å². The minimum absolute atomic E-state index is 0.557. The summed E-state index contributed by atoms with van der Waals surface area (Å²) in [7, 11) is 0. The zero-order chi connectivity index (χ0) is 14.7. The van der Waals surface area contributed by atoms with E-state index < -0.39 is 0 Å². The van der Waals surface area contributed by atoms with Crippen LogP contribution in [0, 0.1) is 0 Å². The zero-order valence-electron chi connectivity index (χ0n) is 12.4. The van der Waals surface area contributed by atoms with Crippen LogP contribution in [-0.4, -0.2) is 4.98 Å². The van der Waals surface area contributed by atoms with Gasteiger partial charge in [-0.3, -0.25) is 0 Å². The topological polar surface area (TPSA) is 26.0 Å². The van der Waals surface area contributed by atoms with Gasteiger partial charge < -0.3 is 4.42 Å². The maximum Gasteiger partial charge on any atom is 0.226 e. The molecule has 2 aromatic carbocycles. The summed E-state index contributed by atoms with van der Waals surface area (Å²) in [5.74, 6) is 2.04.